The number of carbonyl (C=O) groups excluding carboxylic acids is 1. The average Bonchev–Trinajstić information content (AvgIpc) is 2.48. The quantitative estimate of drug-likeness (QED) is 0.794. The Kier molecular flexibility index (Phi) is 5.16. The van der Waals surface area contributed by atoms with Gasteiger partial charge in [-0.1, -0.05) is 6.07 Å². The highest BCUT2D eigenvalue weighted by atomic mass is 16.5. The van der Waals surface area contributed by atoms with E-state index in [1.807, 2.05) is 0 Å². The van der Waals surface area contributed by atoms with E-state index in [9.17, 15) is 9.59 Å². The van der Waals surface area contributed by atoms with Crippen molar-refractivity contribution in [3.63, 3.8) is 0 Å². The predicted octanol–water partition coefficient (Wildman–Crippen LogP) is 2.24. The summed E-state index contributed by atoms with van der Waals surface area (Å²) in [5, 5.41) is 14.5. The van der Waals surface area contributed by atoms with Gasteiger partial charge in [0.25, 0.3) is 0 Å². The Hall–Kier alpha value is -2.08. The first-order valence-corrected chi connectivity index (χ1v) is 7.03. The Bertz CT molecular complexity index is 524. The molecule has 1 aliphatic rings. The summed E-state index contributed by atoms with van der Waals surface area (Å²) in [6.45, 7) is 3.70. The molecule has 0 bridgehead atoms. The van der Waals surface area contributed by atoms with E-state index >= 15 is 0 Å². The molecule has 2 amide bonds. The highest BCUT2D eigenvalue weighted by Gasteiger charge is 2.16. The van der Waals surface area contributed by atoms with Crippen LogP contribution in [0.2, 0.25) is 0 Å². The van der Waals surface area contributed by atoms with Crippen molar-refractivity contribution in [1.82, 2.24) is 5.32 Å². The van der Waals surface area contributed by atoms with Crippen molar-refractivity contribution in [3.8, 4) is 0 Å². The molecular formula is C15H20N2O4. The van der Waals surface area contributed by atoms with Crippen molar-refractivity contribution < 1.29 is 19.4 Å². The summed E-state index contributed by atoms with van der Waals surface area (Å²) in [6.07, 6.45) is 2.07. The lowest BCUT2D eigenvalue weighted by atomic mass is 10.0. The van der Waals surface area contributed by atoms with Crippen LogP contribution in [0.25, 0.3) is 0 Å². The van der Waals surface area contributed by atoms with Gasteiger partial charge in [-0.15, -0.1) is 0 Å². The number of anilines is 1. The first-order chi connectivity index (χ1) is 10.1. The Labute approximate surface area is 123 Å². The summed E-state index contributed by atoms with van der Waals surface area (Å²) in [5.41, 5.74) is 1.24. The zero-order chi connectivity index (χ0) is 15.2. The van der Waals surface area contributed by atoms with E-state index in [-0.39, 0.29) is 11.6 Å². The van der Waals surface area contributed by atoms with Crippen LogP contribution in [0, 0.1) is 12.8 Å². The molecule has 0 aromatic heterocycles. The van der Waals surface area contributed by atoms with E-state index in [4.69, 9.17) is 9.84 Å². The molecule has 21 heavy (non-hydrogen) atoms. The van der Waals surface area contributed by atoms with Crippen LogP contribution in [0.3, 0.4) is 0 Å². The van der Waals surface area contributed by atoms with Crippen molar-refractivity contribution in [3.05, 3.63) is 29.3 Å². The van der Waals surface area contributed by atoms with Crippen molar-refractivity contribution >= 4 is 17.7 Å². The van der Waals surface area contributed by atoms with Gasteiger partial charge in [-0.25, -0.2) is 9.59 Å². The van der Waals surface area contributed by atoms with Gasteiger partial charge in [0.2, 0.25) is 0 Å². The van der Waals surface area contributed by atoms with Gasteiger partial charge < -0.3 is 20.5 Å². The zero-order valence-electron chi connectivity index (χ0n) is 12.0. The molecule has 0 spiro atoms. The van der Waals surface area contributed by atoms with Gasteiger partial charge in [0.05, 0.1) is 12.2 Å². The number of rotatable bonds is 4. The lowest BCUT2D eigenvalue weighted by molar-refractivity contribution is 0.0559. The van der Waals surface area contributed by atoms with Crippen LogP contribution in [0.5, 0.6) is 0 Å². The third-order valence-corrected chi connectivity index (χ3v) is 3.62. The van der Waals surface area contributed by atoms with E-state index in [2.05, 4.69) is 10.6 Å². The molecule has 1 fully saturated rings. The van der Waals surface area contributed by atoms with Crippen LogP contribution < -0.4 is 10.6 Å². The maximum atomic E-state index is 11.9. The Morgan fingerprint density at radius 2 is 2.24 bits per heavy atom. The summed E-state index contributed by atoms with van der Waals surface area (Å²) in [7, 11) is 0. The SMILES string of the molecule is Cc1c(NC(=O)NCC2CCCOC2)cccc1C(=O)O. The minimum absolute atomic E-state index is 0.188. The third-order valence-electron chi connectivity index (χ3n) is 3.62. The lowest BCUT2D eigenvalue weighted by Crippen LogP contribution is -2.36. The summed E-state index contributed by atoms with van der Waals surface area (Å²) >= 11 is 0. The van der Waals surface area contributed by atoms with Gasteiger partial charge in [0.15, 0.2) is 0 Å². The number of urea groups is 1. The minimum Gasteiger partial charge on any atom is -0.478 e. The van der Waals surface area contributed by atoms with Crippen LogP contribution in [-0.4, -0.2) is 36.9 Å². The predicted molar refractivity (Wildman–Crippen MR) is 78.7 cm³/mol. The van der Waals surface area contributed by atoms with Gasteiger partial charge in [0.1, 0.15) is 0 Å². The first-order valence-electron chi connectivity index (χ1n) is 7.03. The highest BCUT2D eigenvalue weighted by Crippen LogP contribution is 2.19. The standard InChI is InChI=1S/C15H20N2O4/c1-10-12(14(18)19)5-2-6-13(10)17-15(20)16-8-11-4-3-7-21-9-11/h2,5-6,11H,3-4,7-9H2,1H3,(H,18,19)(H2,16,17,20). The van der Waals surface area contributed by atoms with Crippen molar-refractivity contribution in [2.24, 2.45) is 5.92 Å². The molecule has 2 rings (SSSR count). The maximum absolute atomic E-state index is 11.9. The molecule has 1 aliphatic heterocycles. The van der Waals surface area contributed by atoms with Crippen LogP contribution in [0.15, 0.2) is 18.2 Å². The van der Waals surface area contributed by atoms with Crippen molar-refractivity contribution in [2.75, 3.05) is 25.1 Å². The number of nitrogens with one attached hydrogen (secondary N) is 2. The number of amides is 2. The number of ether oxygens (including phenoxy) is 1. The Morgan fingerprint density at radius 1 is 1.43 bits per heavy atom. The first kappa shape index (κ1) is 15.3. The van der Waals surface area contributed by atoms with Crippen LogP contribution in [-0.2, 0) is 4.74 Å². The number of carbonyl (C=O) groups is 2. The largest absolute Gasteiger partial charge is 0.478 e. The molecule has 0 radical (unpaired) electrons. The number of hydrogen-bond donors (Lipinski definition) is 3. The smallest absolute Gasteiger partial charge is 0.336 e. The molecule has 0 saturated carbocycles. The summed E-state index contributed by atoms with van der Waals surface area (Å²) in [5.74, 6) is -0.660. The number of hydrogen-bond acceptors (Lipinski definition) is 3. The number of aromatic carboxylic acids is 1. The molecule has 1 atom stereocenters. The van der Waals surface area contributed by atoms with Gasteiger partial charge in [0, 0.05) is 18.8 Å². The maximum Gasteiger partial charge on any atom is 0.336 e. The average molecular weight is 292 g/mol. The molecule has 0 aliphatic carbocycles. The fourth-order valence-corrected chi connectivity index (χ4v) is 2.37. The van der Waals surface area contributed by atoms with Crippen LogP contribution >= 0.6 is 0 Å². The molecule has 1 unspecified atom stereocenters. The molecule has 1 aromatic rings. The van der Waals surface area contributed by atoms with E-state index in [1.165, 1.54) is 6.07 Å². The van der Waals surface area contributed by atoms with E-state index in [1.54, 1.807) is 19.1 Å². The molecule has 6 heteroatoms. The van der Waals surface area contributed by atoms with Gasteiger partial charge in [-0.2, -0.15) is 0 Å². The monoisotopic (exact) mass is 292 g/mol. The molecule has 114 valence electrons. The molecule has 1 heterocycles. The molecule has 3 N–H and O–H groups in total. The van der Waals surface area contributed by atoms with Gasteiger partial charge >= 0.3 is 12.0 Å². The second kappa shape index (κ2) is 7.08. The van der Waals surface area contributed by atoms with Crippen molar-refractivity contribution in [2.45, 2.75) is 19.8 Å². The number of carboxylic acids is 1. The van der Waals surface area contributed by atoms with Gasteiger partial charge in [-0.05, 0) is 43.4 Å². The zero-order valence-corrected chi connectivity index (χ0v) is 12.0. The fraction of sp³-hybridized carbons (Fsp3) is 0.467. The second-order valence-electron chi connectivity index (χ2n) is 5.20. The molecular weight excluding hydrogens is 272 g/mol. The second-order valence-corrected chi connectivity index (χ2v) is 5.20. The molecule has 6 nitrogen and oxygen atoms in total. The van der Waals surface area contributed by atoms with Gasteiger partial charge in [-0.3, -0.25) is 0 Å². The number of benzene rings is 1. The fourth-order valence-electron chi connectivity index (χ4n) is 2.37. The summed E-state index contributed by atoms with van der Waals surface area (Å²) < 4.78 is 5.36. The Morgan fingerprint density at radius 3 is 2.90 bits per heavy atom. The van der Waals surface area contributed by atoms with Crippen LogP contribution in [0.4, 0.5) is 10.5 Å². The lowest BCUT2D eigenvalue weighted by Gasteiger charge is -2.22. The van der Waals surface area contributed by atoms with E-state index in [0.717, 1.165) is 19.4 Å². The topological polar surface area (TPSA) is 87.7 Å². The molecule has 1 saturated heterocycles. The molecule has 1 aromatic carbocycles. The normalized spacial score (nSPS) is 18.0. The number of carboxylic acid groups (broad SMARTS) is 1. The van der Waals surface area contributed by atoms with E-state index < -0.39 is 5.97 Å². The summed E-state index contributed by atoms with van der Waals surface area (Å²) in [4.78, 5) is 22.9. The van der Waals surface area contributed by atoms with Crippen LogP contribution in [0.1, 0.15) is 28.8 Å². The Balaban J connectivity index is 1.90. The van der Waals surface area contributed by atoms with Crippen molar-refractivity contribution in [1.29, 1.82) is 0 Å². The van der Waals surface area contributed by atoms with E-state index in [0.29, 0.717) is 30.3 Å². The third kappa shape index (κ3) is 4.19. The minimum atomic E-state index is -1.00. The highest BCUT2D eigenvalue weighted by molar-refractivity contribution is 5.95. The summed E-state index contributed by atoms with van der Waals surface area (Å²) in [6, 6.07) is 4.48.